The standard InChI is InChI=1S/C18H11ClN2O/c19-15-7-6-14(12-20)17(11-15)13-8-9-21(18(22)10-13)16-4-2-1-3-5-16/h1-11H. The SMILES string of the molecule is N#Cc1ccc(Cl)cc1-c1ccn(-c2ccccc2)c(=O)c1. The molecule has 0 unspecified atom stereocenters. The second-order valence-electron chi connectivity index (χ2n) is 4.76. The van der Waals surface area contributed by atoms with Crippen molar-refractivity contribution in [2.45, 2.75) is 0 Å². The summed E-state index contributed by atoms with van der Waals surface area (Å²) in [6.07, 6.45) is 1.70. The van der Waals surface area contributed by atoms with Crippen molar-refractivity contribution in [1.82, 2.24) is 4.57 Å². The molecule has 22 heavy (non-hydrogen) atoms. The number of rotatable bonds is 2. The zero-order valence-corrected chi connectivity index (χ0v) is 12.3. The average Bonchev–Trinajstić information content (AvgIpc) is 2.55. The monoisotopic (exact) mass is 306 g/mol. The number of pyridine rings is 1. The van der Waals surface area contributed by atoms with Crippen LogP contribution >= 0.6 is 11.6 Å². The number of nitrogens with zero attached hydrogens (tertiary/aromatic N) is 2. The highest BCUT2D eigenvalue weighted by Crippen LogP contribution is 2.25. The number of nitriles is 1. The smallest absolute Gasteiger partial charge is 0.255 e. The second-order valence-corrected chi connectivity index (χ2v) is 5.20. The first-order chi connectivity index (χ1) is 10.7. The van der Waals surface area contributed by atoms with Gasteiger partial charge in [0.25, 0.3) is 5.56 Å². The molecule has 3 nitrogen and oxygen atoms in total. The molecule has 3 aromatic rings. The molecular formula is C18H11ClN2O. The Hall–Kier alpha value is -2.83. The lowest BCUT2D eigenvalue weighted by Crippen LogP contribution is -2.16. The highest BCUT2D eigenvalue weighted by atomic mass is 35.5. The zero-order valence-electron chi connectivity index (χ0n) is 11.5. The molecule has 0 aliphatic carbocycles. The summed E-state index contributed by atoms with van der Waals surface area (Å²) in [6, 6.07) is 19.8. The Morgan fingerprint density at radius 2 is 1.77 bits per heavy atom. The van der Waals surface area contributed by atoms with Crippen LogP contribution in [0.15, 0.2) is 71.7 Å². The molecule has 0 saturated heterocycles. The molecule has 3 rings (SSSR count). The highest BCUT2D eigenvalue weighted by molar-refractivity contribution is 6.30. The van der Waals surface area contributed by atoms with Crippen LogP contribution in [0.1, 0.15) is 5.56 Å². The van der Waals surface area contributed by atoms with Crippen LogP contribution in [0.5, 0.6) is 0 Å². The van der Waals surface area contributed by atoms with Crippen LogP contribution in [0.3, 0.4) is 0 Å². The third-order valence-electron chi connectivity index (χ3n) is 3.37. The molecule has 0 atom stereocenters. The van der Waals surface area contributed by atoms with E-state index in [1.54, 1.807) is 35.0 Å². The van der Waals surface area contributed by atoms with Crippen molar-refractivity contribution in [1.29, 1.82) is 5.26 Å². The number of aromatic nitrogens is 1. The van der Waals surface area contributed by atoms with Crippen LogP contribution < -0.4 is 5.56 Å². The van der Waals surface area contributed by atoms with E-state index in [2.05, 4.69) is 6.07 Å². The molecule has 0 spiro atoms. The number of para-hydroxylation sites is 1. The van der Waals surface area contributed by atoms with Crippen molar-refractivity contribution >= 4 is 11.6 Å². The fourth-order valence-corrected chi connectivity index (χ4v) is 2.47. The van der Waals surface area contributed by atoms with E-state index in [4.69, 9.17) is 11.6 Å². The normalized spacial score (nSPS) is 10.2. The summed E-state index contributed by atoms with van der Waals surface area (Å²) < 4.78 is 1.56. The minimum Gasteiger partial charge on any atom is -0.284 e. The van der Waals surface area contributed by atoms with E-state index in [-0.39, 0.29) is 5.56 Å². The zero-order chi connectivity index (χ0) is 15.5. The molecule has 0 radical (unpaired) electrons. The van der Waals surface area contributed by atoms with Crippen LogP contribution in [0.4, 0.5) is 0 Å². The average molecular weight is 307 g/mol. The Labute approximate surface area is 132 Å². The fraction of sp³-hybridized carbons (Fsp3) is 0. The maximum absolute atomic E-state index is 12.3. The predicted octanol–water partition coefficient (Wildman–Crippen LogP) is 4.03. The Morgan fingerprint density at radius 3 is 2.45 bits per heavy atom. The summed E-state index contributed by atoms with van der Waals surface area (Å²) >= 11 is 6.00. The van der Waals surface area contributed by atoms with E-state index in [0.29, 0.717) is 21.7 Å². The van der Waals surface area contributed by atoms with Crippen molar-refractivity contribution in [3.05, 3.63) is 87.8 Å². The van der Waals surface area contributed by atoms with Gasteiger partial charge in [-0.1, -0.05) is 29.8 Å². The maximum atomic E-state index is 12.3. The van der Waals surface area contributed by atoms with Crippen molar-refractivity contribution in [3.8, 4) is 22.9 Å². The van der Waals surface area contributed by atoms with Crippen LogP contribution in [0.25, 0.3) is 16.8 Å². The summed E-state index contributed by atoms with van der Waals surface area (Å²) in [5.41, 5.74) is 2.46. The van der Waals surface area contributed by atoms with Gasteiger partial charge in [0.2, 0.25) is 0 Å². The lowest BCUT2D eigenvalue weighted by molar-refractivity contribution is 0.992. The predicted molar refractivity (Wildman–Crippen MR) is 87.2 cm³/mol. The van der Waals surface area contributed by atoms with E-state index < -0.39 is 0 Å². The molecule has 0 saturated carbocycles. The molecule has 0 aliphatic rings. The topological polar surface area (TPSA) is 45.8 Å². The van der Waals surface area contributed by atoms with Crippen molar-refractivity contribution in [3.63, 3.8) is 0 Å². The van der Waals surface area contributed by atoms with E-state index in [1.807, 2.05) is 30.3 Å². The lowest BCUT2D eigenvalue weighted by atomic mass is 10.0. The van der Waals surface area contributed by atoms with Crippen molar-refractivity contribution in [2.24, 2.45) is 0 Å². The summed E-state index contributed by atoms with van der Waals surface area (Å²) in [6.45, 7) is 0. The van der Waals surface area contributed by atoms with Gasteiger partial charge in [0.05, 0.1) is 11.6 Å². The van der Waals surface area contributed by atoms with Gasteiger partial charge in [-0.15, -0.1) is 0 Å². The van der Waals surface area contributed by atoms with E-state index in [9.17, 15) is 10.1 Å². The molecule has 0 amide bonds. The maximum Gasteiger partial charge on any atom is 0.255 e. The largest absolute Gasteiger partial charge is 0.284 e. The molecule has 1 heterocycles. The third-order valence-corrected chi connectivity index (χ3v) is 3.60. The molecule has 0 bridgehead atoms. The first-order valence-electron chi connectivity index (χ1n) is 6.67. The number of benzene rings is 2. The van der Waals surface area contributed by atoms with Gasteiger partial charge in [-0.05, 0) is 42.0 Å². The number of halogens is 1. The Balaban J connectivity index is 2.13. The lowest BCUT2D eigenvalue weighted by Gasteiger charge is -2.08. The Bertz CT molecular complexity index is 924. The van der Waals surface area contributed by atoms with Gasteiger partial charge in [0.15, 0.2) is 0 Å². The van der Waals surface area contributed by atoms with Gasteiger partial charge in [-0.2, -0.15) is 5.26 Å². The van der Waals surface area contributed by atoms with Gasteiger partial charge in [0, 0.05) is 28.5 Å². The number of hydrogen-bond acceptors (Lipinski definition) is 2. The second kappa shape index (κ2) is 5.88. The van der Waals surface area contributed by atoms with Gasteiger partial charge >= 0.3 is 0 Å². The van der Waals surface area contributed by atoms with Crippen LogP contribution in [-0.4, -0.2) is 4.57 Å². The summed E-state index contributed by atoms with van der Waals surface area (Å²) in [5, 5.41) is 9.73. The first-order valence-corrected chi connectivity index (χ1v) is 7.05. The summed E-state index contributed by atoms with van der Waals surface area (Å²) in [4.78, 5) is 12.3. The van der Waals surface area contributed by atoms with Gasteiger partial charge in [-0.25, -0.2) is 0 Å². The molecule has 1 aromatic heterocycles. The van der Waals surface area contributed by atoms with E-state index in [1.165, 1.54) is 6.07 Å². The number of hydrogen-bond donors (Lipinski definition) is 0. The van der Waals surface area contributed by atoms with Crippen molar-refractivity contribution in [2.75, 3.05) is 0 Å². The Morgan fingerprint density at radius 1 is 1.00 bits per heavy atom. The van der Waals surface area contributed by atoms with E-state index in [0.717, 1.165) is 5.69 Å². The highest BCUT2D eigenvalue weighted by Gasteiger charge is 2.08. The Kier molecular flexibility index (Phi) is 3.78. The minimum absolute atomic E-state index is 0.160. The quantitative estimate of drug-likeness (QED) is 0.717. The van der Waals surface area contributed by atoms with Gasteiger partial charge in [0.1, 0.15) is 0 Å². The molecule has 0 N–H and O–H groups in total. The molecule has 106 valence electrons. The fourth-order valence-electron chi connectivity index (χ4n) is 2.30. The summed E-state index contributed by atoms with van der Waals surface area (Å²) in [5.74, 6) is 0. The van der Waals surface area contributed by atoms with Crippen LogP contribution in [0.2, 0.25) is 5.02 Å². The molecule has 0 aliphatic heterocycles. The molecule has 0 fully saturated rings. The van der Waals surface area contributed by atoms with Crippen LogP contribution in [-0.2, 0) is 0 Å². The van der Waals surface area contributed by atoms with Gasteiger partial charge < -0.3 is 0 Å². The first kappa shape index (κ1) is 14.1. The van der Waals surface area contributed by atoms with Crippen molar-refractivity contribution < 1.29 is 0 Å². The molecule has 4 heteroatoms. The molecule has 2 aromatic carbocycles. The van der Waals surface area contributed by atoms with Crippen LogP contribution in [0, 0.1) is 11.3 Å². The molecular weight excluding hydrogens is 296 g/mol. The van der Waals surface area contributed by atoms with Gasteiger partial charge in [-0.3, -0.25) is 9.36 Å². The third kappa shape index (κ3) is 2.65. The minimum atomic E-state index is -0.160. The van der Waals surface area contributed by atoms with E-state index >= 15 is 0 Å². The summed E-state index contributed by atoms with van der Waals surface area (Å²) in [7, 11) is 0.